The van der Waals surface area contributed by atoms with Crippen LogP contribution in [0.4, 0.5) is 0 Å². The molecule has 0 atom stereocenters. The summed E-state index contributed by atoms with van der Waals surface area (Å²) < 4.78 is 5.86. The second-order valence-corrected chi connectivity index (χ2v) is 5.28. The normalized spacial score (nSPS) is 16.6. The molecule has 1 aliphatic heterocycles. The number of rotatable bonds is 5. The molecule has 0 bridgehead atoms. The van der Waals surface area contributed by atoms with Crippen LogP contribution in [0.1, 0.15) is 23.6 Å². The van der Waals surface area contributed by atoms with E-state index in [1.54, 1.807) is 0 Å². The SMILES string of the molecule is CCOc1c(C)ccc(C)c1CCN1CCNCC1. The smallest absolute Gasteiger partial charge is 0.125 e. The van der Waals surface area contributed by atoms with Gasteiger partial charge in [0, 0.05) is 32.7 Å². The summed E-state index contributed by atoms with van der Waals surface area (Å²) in [6.07, 6.45) is 1.09. The number of benzene rings is 1. The molecular weight excluding hydrogens is 236 g/mol. The van der Waals surface area contributed by atoms with Gasteiger partial charge < -0.3 is 15.0 Å². The van der Waals surface area contributed by atoms with Gasteiger partial charge in [0.1, 0.15) is 5.75 Å². The maximum absolute atomic E-state index is 5.86. The largest absolute Gasteiger partial charge is 0.493 e. The van der Waals surface area contributed by atoms with Crippen molar-refractivity contribution < 1.29 is 4.74 Å². The first-order valence-electron chi connectivity index (χ1n) is 7.37. The highest BCUT2D eigenvalue weighted by Gasteiger charge is 2.13. The fraction of sp³-hybridized carbons (Fsp3) is 0.625. The Balaban J connectivity index is 2.07. The van der Waals surface area contributed by atoms with Crippen LogP contribution >= 0.6 is 0 Å². The molecule has 0 aromatic heterocycles. The summed E-state index contributed by atoms with van der Waals surface area (Å²) in [7, 11) is 0. The lowest BCUT2D eigenvalue weighted by molar-refractivity contribution is 0.242. The van der Waals surface area contributed by atoms with Crippen LogP contribution in [0.3, 0.4) is 0 Å². The van der Waals surface area contributed by atoms with Gasteiger partial charge in [0.2, 0.25) is 0 Å². The van der Waals surface area contributed by atoms with Crippen molar-refractivity contribution in [1.82, 2.24) is 10.2 Å². The lowest BCUT2D eigenvalue weighted by Gasteiger charge is -2.27. The molecule has 1 saturated heterocycles. The van der Waals surface area contributed by atoms with Gasteiger partial charge in [0.15, 0.2) is 0 Å². The summed E-state index contributed by atoms with van der Waals surface area (Å²) in [5.41, 5.74) is 3.99. The third-order valence-corrected chi connectivity index (χ3v) is 3.87. The Morgan fingerprint density at radius 1 is 1.16 bits per heavy atom. The summed E-state index contributed by atoms with van der Waals surface area (Å²) in [5.74, 6) is 1.11. The van der Waals surface area contributed by atoms with Crippen molar-refractivity contribution in [2.45, 2.75) is 27.2 Å². The van der Waals surface area contributed by atoms with E-state index in [2.05, 4.69) is 43.1 Å². The molecule has 19 heavy (non-hydrogen) atoms. The van der Waals surface area contributed by atoms with Crippen LogP contribution in [0.2, 0.25) is 0 Å². The molecule has 0 amide bonds. The van der Waals surface area contributed by atoms with Gasteiger partial charge in [-0.25, -0.2) is 0 Å². The van der Waals surface area contributed by atoms with Crippen molar-refractivity contribution in [2.75, 3.05) is 39.3 Å². The van der Waals surface area contributed by atoms with Gasteiger partial charge in [-0.3, -0.25) is 0 Å². The predicted molar refractivity (Wildman–Crippen MR) is 80.1 cm³/mol. The van der Waals surface area contributed by atoms with Gasteiger partial charge in [0.25, 0.3) is 0 Å². The summed E-state index contributed by atoms with van der Waals surface area (Å²) in [4.78, 5) is 2.54. The maximum Gasteiger partial charge on any atom is 0.125 e. The molecule has 1 N–H and O–H groups in total. The summed E-state index contributed by atoms with van der Waals surface area (Å²) in [6, 6.07) is 4.37. The molecule has 1 heterocycles. The van der Waals surface area contributed by atoms with E-state index in [0.29, 0.717) is 0 Å². The van der Waals surface area contributed by atoms with Crippen LogP contribution in [-0.2, 0) is 6.42 Å². The van der Waals surface area contributed by atoms with E-state index >= 15 is 0 Å². The molecule has 0 spiro atoms. The summed E-state index contributed by atoms with van der Waals surface area (Å²) in [6.45, 7) is 12.8. The van der Waals surface area contributed by atoms with Gasteiger partial charge in [-0.05, 0) is 43.9 Å². The van der Waals surface area contributed by atoms with Crippen molar-refractivity contribution in [2.24, 2.45) is 0 Å². The molecule has 3 heteroatoms. The van der Waals surface area contributed by atoms with Crippen molar-refractivity contribution >= 4 is 0 Å². The van der Waals surface area contributed by atoms with Gasteiger partial charge in [0.05, 0.1) is 6.61 Å². The average Bonchev–Trinajstić information content (AvgIpc) is 2.43. The summed E-state index contributed by atoms with van der Waals surface area (Å²) >= 11 is 0. The van der Waals surface area contributed by atoms with E-state index in [4.69, 9.17) is 4.74 Å². The number of hydrogen-bond donors (Lipinski definition) is 1. The van der Waals surface area contributed by atoms with E-state index in [9.17, 15) is 0 Å². The first-order chi connectivity index (χ1) is 9.22. The molecule has 3 nitrogen and oxygen atoms in total. The van der Waals surface area contributed by atoms with Crippen molar-refractivity contribution in [3.8, 4) is 5.75 Å². The number of ether oxygens (including phenoxy) is 1. The Morgan fingerprint density at radius 2 is 1.84 bits per heavy atom. The Morgan fingerprint density at radius 3 is 2.53 bits per heavy atom. The number of hydrogen-bond acceptors (Lipinski definition) is 3. The number of aryl methyl sites for hydroxylation is 2. The fourth-order valence-electron chi connectivity index (χ4n) is 2.70. The molecule has 1 aromatic carbocycles. The van der Waals surface area contributed by atoms with Gasteiger partial charge >= 0.3 is 0 Å². The molecule has 106 valence electrons. The van der Waals surface area contributed by atoms with Crippen LogP contribution in [0.25, 0.3) is 0 Å². The highest BCUT2D eigenvalue weighted by Crippen LogP contribution is 2.27. The zero-order valence-electron chi connectivity index (χ0n) is 12.5. The van der Waals surface area contributed by atoms with Crippen molar-refractivity contribution in [1.29, 1.82) is 0 Å². The topological polar surface area (TPSA) is 24.5 Å². The third-order valence-electron chi connectivity index (χ3n) is 3.87. The first-order valence-corrected chi connectivity index (χ1v) is 7.37. The van der Waals surface area contributed by atoms with E-state index in [0.717, 1.165) is 51.5 Å². The monoisotopic (exact) mass is 262 g/mol. The highest BCUT2D eigenvalue weighted by atomic mass is 16.5. The molecule has 0 radical (unpaired) electrons. The Labute approximate surface area is 116 Å². The van der Waals surface area contributed by atoms with E-state index < -0.39 is 0 Å². The minimum Gasteiger partial charge on any atom is -0.493 e. The molecular formula is C16H26N2O. The van der Waals surface area contributed by atoms with Crippen LogP contribution in [-0.4, -0.2) is 44.2 Å². The zero-order valence-corrected chi connectivity index (χ0v) is 12.5. The highest BCUT2D eigenvalue weighted by molar-refractivity contribution is 5.45. The molecule has 0 aliphatic carbocycles. The van der Waals surface area contributed by atoms with Gasteiger partial charge in [-0.1, -0.05) is 12.1 Å². The van der Waals surface area contributed by atoms with Crippen molar-refractivity contribution in [3.05, 3.63) is 28.8 Å². The lowest BCUT2D eigenvalue weighted by atomic mass is 10.0. The molecule has 0 saturated carbocycles. The van der Waals surface area contributed by atoms with Crippen LogP contribution < -0.4 is 10.1 Å². The van der Waals surface area contributed by atoms with E-state index in [1.807, 2.05) is 0 Å². The number of piperazine rings is 1. The summed E-state index contributed by atoms with van der Waals surface area (Å²) in [5, 5.41) is 3.40. The Bertz CT molecular complexity index is 411. The van der Waals surface area contributed by atoms with Crippen LogP contribution in [0.5, 0.6) is 5.75 Å². The van der Waals surface area contributed by atoms with Crippen LogP contribution in [0.15, 0.2) is 12.1 Å². The zero-order chi connectivity index (χ0) is 13.7. The third kappa shape index (κ3) is 3.71. The minimum absolute atomic E-state index is 0.741. The second kappa shape index (κ2) is 6.92. The molecule has 1 aromatic rings. The molecule has 1 fully saturated rings. The standard InChI is InChI=1S/C16H26N2O/c1-4-19-16-14(3)6-5-13(2)15(16)7-10-18-11-8-17-9-12-18/h5-6,17H,4,7-12H2,1-3H3. The van der Waals surface area contributed by atoms with Crippen molar-refractivity contribution in [3.63, 3.8) is 0 Å². The van der Waals surface area contributed by atoms with Gasteiger partial charge in [-0.2, -0.15) is 0 Å². The Hall–Kier alpha value is -1.06. The second-order valence-electron chi connectivity index (χ2n) is 5.28. The molecule has 0 unspecified atom stereocenters. The van der Waals surface area contributed by atoms with Crippen LogP contribution in [0, 0.1) is 13.8 Å². The quantitative estimate of drug-likeness (QED) is 0.880. The average molecular weight is 262 g/mol. The number of nitrogens with zero attached hydrogens (tertiary/aromatic N) is 1. The molecule has 1 aliphatic rings. The van der Waals surface area contributed by atoms with Gasteiger partial charge in [-0.15, -0.1) is 0 Å². The predicted octanol–water partition coefficient (Wildman–Crippen LogP) is 2.15. The number of nitrogens with one attached hydrogen (secondary N) is 1. The van der Waals surface area contributed by atoms with E-state index in [1.165, 1.54) is 16.7 Å². The minimum atomic E-state index is 0.741. The lowest BCUT2D eigenvalue weighted by Crippen LogP contribution is -2.44. The first kappa shape index (κ1) is 14.4. The molecule has 2 rings (SSSR count). The maximum atomic E-state index is 5.86. The van der Waals surface area contributed by atoms with E-state index in [-0.39, 0.29) is 0 Å². The Kier molecular flexibility index (Phi) is 5.23. The fourth-order valence-corrected chi connectivity index (χ4v) is 2.70.